The fourth-order valence-electron chi connectivity index (χ4n) is 1.94. The van der Waals surface area contributed by atoms with Gasteiger partial charge in [0.2, 0.25) is 15.9 Å². The van der Waals surface area contributed by atoms with E-state index in [2.05, 4.69) is 5.32 Å². The Morgan fingerprint density at radius 1 is 1.26 bits per heavy atom. The van der Waals surface area contributed by atoms with E-state index in [1.165, 1.54) is 4.31 Å². The Hall–Kier alpha value is -1.66. The van der Waals surface area contributed by atoms with Crippen molar-refractivity contribution in [2.45, 2.75) is 51.6 Å². The molecule has 6 heteroatoms. The van der Waals surface area contributed by atoms with Crippen LogP contribution in [0.25, 0.3) is 0 Å². The van der Waals surface area contributed by atoms with Crippen molar-refractivity contribution in [2.75, 3.05) is 7.05 Å². The molecule has 0 aliphatic rings. The van der Waals surface area contributed by atoms with Crippen LogP contribution in [-0.2, 0) is 21.4 Å². The van der Waals surface area contributed by atoms with Crippen LogP contribution in [0.3, 0.4) is 0 Å². The third-order valence-electron chi connectivity index (χ3n) is 3.65. The number of benzene rings is 1. The first-order chi connectivity index (χ1) is 10.7. The summed E-state index contributed by atoms with van der Waals surface area (Å²) in [6, 6.07) is 6.49. The van der Waals surface area contributed by atoms with Crippen molar-refractivity contribution >= 4 is 15.9 Å². The molecule has 1 N–H and O–H groups in total. The fourth-order valence-corrected chi connectivity index (χ4v) is 3.31. The molecule has 5 nitrogen and oxygen atoms in total. The maximum atomic E-state index is 12.4. The van der Waals surface area contributed by atoms with E-state index in [1.807, 2.05) is 26.8 Å². The molecule has 0 radical (unpaired) electrons. The first-order valence-electron chi connectivity index (χ1n) is 7.72. The molecule has 0 aliphatic heterocycles. The van der Waals surface area contributed by atoms with Crippen molar-refractivity contribution in [3.05, 3.63) is 41.5 Å². The Kier molecular flexibility index (Phi) is 6.97. The summed E-state index contributed by atoms with van der Waals surface area (Å²) >= 11 is 0. The molecule has 0 atom stereocenters. The molecule has 0 aromatic heterocycles. The SMILES string of the molecule is CC/C=C(\C)C(=O)NCc1ccc(S(=O)(=O)N(C)C(C)C)cc1. The van der Waals surface area contributed by atoms with Gasteiger partial charge < -0.3 is 5.32 Å². The van der Waals surface area contributed by atoms with Gasteiger partial charge in [-0.25, -0.2) is 8.42 Å². The van der Waals surface area contributed by atoms with Crippen LogP contribution >= 0.6 is 0 Å². The van der Waals surface area contributed by atoms with Crippen molar-refractivity contribution in [1.29, 1.82) is 0 Å². The predicted molar refractivity (Wildman–Crippen MR) is 92.4 cm³/mol. The highest BCUT2D eigenvalue weighted by Crippen LogP contribution is 2.17. The predicted octanol–water partition coefficient (Wildman–Crippen LogP) is 2.69. The van der Waals surface area contributed by atoms with Gasteiger partial charge in [-0.15, -0.1) is 0 Å². The zero-order valence-electron chi connectivity index (χ0n) is 14.5. The van der Waals surface area contributed by atoms with Gasteiger partial charge in [-0.05, 0) is 44.9 Å². The van der Waals surface area contributed by atoms with Crippen molar-refractivity contribution in [2.24, 2.45) is 0 Å². The normalized spacial score (nSPS) is 12.7. The third kappa shape index (κ3) is 5.18. The quantitative estimate of drug-likeness (QED) is 0.777. The first-order valence-corrected chi connectivity index (χ1v) is 9.16. The maximum Gasteiger partial charge on any atom is 0.246 e. The van der Waals surface area contributed by atoms with Gasteiger partial charge in [-0.3, -0.25) is 4.79 Å². The summed E-state index contributed by atoms with van der Waals surface area (Å²) in [4.78, 5) is 12.1. The minimum absolute atomic E-state index is 0.104. The lowest BCUT2D eigenvalue weighted by Gasteiger charge is -2.21. The standard InChI is InChI=1S/C17H26N2O3S/c1-6-7-14(4)17(20)18-12-15-8-10-16(11-9-15)23(21,22)19(5)13(2)3/h7-11,13H,6,12H2,1-5H3,(H,18,20)/b14-7+. The number of amides is 1. The molecule has 1 aromatic rings. The van der Waals surface area contributed by atoms with Crippen LogP contribution in [0.1, 0.15) is 39.7 Å². The monoisotopic (exact) mass is 338 g/mol. The molecule has 1 aromatic carbocycles. The average molecular weight is 338 g/mol. The Labute approximate surface area is 139 Å². The Balaban J connectivity index is 2.78. The number of hydrogen-bond acceptors (Lipinski definition) is 3. The summed E-state index contributed by atoms with van der Waals surface area (Å²) in [6.07, 6.45) is 2.68. The van der Waals surface area contributed by atoms with Crippen LogP contribution in [0.4, 0.5) is 0 Å². The summed E-state index contributed by atoms with van der Waals surface area (Å²) < 4.78 is 26.1. The lowest BCUT2D eigenvalue weighted by molar-refractivity contribution is -0.117. The molecular formula is C17H26N2O3S. The van der Waals surface area contributed by atoms with E-state index < -0.39 is 10.0 Å². The Morgan fingerprint density at radius 2 is 1.83 bits per heavy atom. The maximum absolute atomic E-state index is 12.4. The number of nitrogens with zero attached hydrogens (tertiary/aromatic N) is 1. The number of rotatable bonds is 7. The van der Waals surface area contributed by atoms with Gasteiger partial charge in [0.25, 0.3) is 0 Å². The van der Waals surface area contributed by atoms with E-state index in [0.717, 1.165) is 12.0 Å². The van der Waals surface area contributed by atoms with Gasteiger partial charge in [-0.1, -0.05) is 25.1 Å². The average Bonchev–Trinajstić information content (AvgIpc) is 2.52. The van der Waals surface area contributed by atoms with Crippen molar-refractivity contribution in [3.63, 3.8) is 0 Å². The van der Waals surface area contributed by atoms with Crippen LogP contribution in [0, 0.1) is 0 Å². The van der Waals surface area contributed by atoms with Crippen LogP contribution < -0.4 is 5.32 Å². The molecule has 0 saturated carbocycles. The lowest BCUT2D eigenvalue weighted by Crippen LogP contribution is -2.33. The van der Waals surface area contributed by atoms with E-state index in [-0.39, 0.29) is 16.8 Å². The van der Waals surface area contributed by atoms with E-state index in [1.54, 1.807) is 38.2 Å². The number of carbonyl (C=O) groups excluding carboxylic acids is 1. The third-order valence-corrected chi connectivity index (χ3v) is 5.70. The molecule has 0 heterocycles. The summed E-state index contributed by atoms with van der Waals surface area (Å²) in [6.45, 7) is 7.77. The topological polar surface area (TPSA) is 66.5 Å². The largest absolute Gasteiger partial charge is 0.348 e. The minimum Gasteiger partial charge on any atom is -0.348 e. The number of carbonyl (C=O) groups is 1. The van der Waals surface area contributed by atoms with E-state index in [4.69, 9.17) is 0 Å². The molecule has 0 unspecified atom stereocenters. The highest BCUT2D eigenvalue weighted by Gasteiger charge is 2.22. The van der Waals surface area contributed by atoms with Crippen molar-refractivity contribution < 1.29 is 13.2 Å². The summed E-state index contributed by atoms with van der Waals surface area (Å²) in [7, 11) is -1.90. The number of nitrogens with one attached hydrogen (secondary N) is 1. The van der Waals surface area contributed by atoms with E-state index >= 15 is 0 Å². The van der Waals surface area contributed by atoms with Crippen molar-refractivity contribution in [3.8, 4) is 0 Å². The van der Waals surface area contributed by atoms with Gasteiger partial charge in [0.15, 0.2) is 0 Å². The second-order valence-corrected chi connectivity index (χ2v) is 7.73. The van der Waals surface area contributed by atoms with Crippen LogP contribution in [0.15, 0.2) is 40.8 Å². The second kappa shape index (κ2) is 8.26. The molecule has 23 heavy (non-hydrogen) atoms. The number of sulfonamides is 1. The zero-order chi connectivity index (χ0) is 17.6. The lowest BCUT2D eigenvalue weighted by atomic mass is 10.2. The van der Waals surface area contributed by atoms with Crippen molar-refractivity contribution in [1.82, 2.24) is 9.62 Å². The summed E-state index contributed by atoms with van der Waals surface area (Å²) in [5, 5.41) is 2.82. The number of hydrogen-bond donors (Lipinski definition) is 1. The molecule has 1 rings (SSSR count). The molecule has 1 amide bonds. The van der Waals surface area contributed by atoms with Gasteiger partial charge in [0.05, 0.1) is 4.90 Å². The van der Waals surface area contributed by atoms with Crippen LogP contribution in [-0.4, -0.2) is 31.7 Å². The van der Waals surface area contributed by atoms with E-state index in [9.17, 15) is 13.2 Å². The fraction of sp³-hybridized carbons (Fsp3) is 0.471. The zero-order valence-corrected chi connectivity index (χ0v) is 15.3. The molecule has 0 fully saturated rings. The molecule has 0 spiro atoms. The van der Waals surface area contributed by atoms with Gasteiger partial charge in [0.1, 0.15) is 0 Å². The Bertz CT molecular complexity index is 662. The van der Waals surface area contributed by atoms with Crippen LogP contribution in [0.5, 0.6) is 0 Å². The highest BCUT2D eigenvalue weighted by molar-refractivity contribution is 7.89. The van der Waals surface area contributed by atoms with Crippen LogP contribution in [0.2, 0.25) is 0 Å². The molecule has 0 aliphatic carbocycles. The van der Waals surface area contributed by atoms with Gasteiger partial charge >= 0.3 is 0 Å². The van der Waals surface area contributed by atoms with Gasteiger partial charge in [-0.2, -0.15) is 4.31 Å². The summed E-state index contributed by atoms with van der Waals surface area (Å²) in [5.74, 6) is -0.108. The number of allylic oxidation sites excluding steroid dienone is 1. The van der Waals surface area contributed by atoms with Gasteiger partial charge in [0, 0.05) is 25.2 Å². The summed E-state index contributed by atoms with van der Waals surface area (Å²) in [5.41, 5.74) is 1.54. The highest BCUT2D eigenvalue weighted by atomic mass is 32.2. The van der Waals surface area contributed by atoms with E-state index in [0.29, 0.717) is 12.1 Å². The smallest absolute Gasteiger partial charge is 0.246 e. The first kappa shape index (κ1) is 19.4. The Morgan fingerprint density at radius 3 is 2.30 bits per heavy atom. The molecule has 128 valence electrons. The second-order valence-electron chi connectivity index (χ2n) is 5.74. The molecule has 0 saturated heterocycles. The molecule has 0 bridgehead atoms. The molecular weight excluding hydrogens is 312 g/mol. The minimum atomic E-state index is -3.47.